The van der Waals surface area contributed by atoms with Gasteiger partial charge in [-0.25, -0.2) is 4.98 Å². The molecule has 109 valence electrons. The van der Waals surface area contributed by atoms with E-state index in [0.29, 0.717) is 0 Å². The number of hydrogen-bond acceptors (Lipinski definition) is 6. The minimum Gasteiger partial charge on any atom is -0.375 e. The molecule has 0 saturated heterocycles. The number of anilines is 1. The zero-order chi connectivity index (χ0) is 15.5. The van der Waals surface area contributed by atoms with Gasteiger partial charge in [-0.1, -0.05) is 11.2 Å². The molecule has 1 aromatic heterocycles. The molecule has 2 rings (SSSR count). The van der Waals surface area contributed by atoms with Crippen molar-refractivity contribution >= 4 is 28.5 Å². The van der Waals surface area contributed by atoms with Crippen molar-refractivity contribution < 1.29 is 22.8 Å². The van der Waals surface area contributed by atoms with Gasteiger partial charge in [0.05, 0.1) is 5.56 Å². The van der Waals surface area contributed by atoms with Crippen LogP contribution in [0.15, 0.2) is 34.8 Å². The van der Waals surface area contributed by atoms with Crippen molar-refractivity contribution in [3.05, 3.63) is 40.9 Å². The Hall–Kier alpha value is -2.42. The van der Waals surface area contributed by atoms with E-state index in [1.165, 1.54) is 23.8 Å². The molecule has 0 amide bonds. The Balaban J connectivity index is 2.21. The first kappa shape index (κ1) is 15.0. The summed E-state index contributed by atoms with van der Waals surface area (Å²) in [5.41, 5.74) is 4.37. The zero-order valence-corrected chi connectivity index (χ0v) is 11.0. The molecule has 0 saturated carbocycles. The standard InChI is InChI=1S/C12H7F3N3O2S/c13-12(14,15)7-2-1-3-8(4-7)20-18-9(5-19)10-6-21-11(16)17-10/h1-4,6H,(H2,16,17)/b18-9-. The number of nitrogens with zero attached hydrogens (tertiary/aromatic N) is 2. The van der Waals surface area contributed by atoms with Crippen LogP contribution in [0, 0.1) is 0 Å². The van der Waals surface area contributed by atoms with Crippen LogP contribution in [0.25, 0.3) is 0 Å². The molecule has 1 aromatic carbocycles. The lowest BCUT2D eigenvalue weighted by molar-refractivity contribution is -0.137. The van der Waals surface area contributed by atoms with E-state index >= 15 is 0 Å². The Morgan fingerprint density at radius 1 is 1.43 bits per heavy atom. The number of rotatable bonds is 4. The van der Waals surface area contributed by atoms with Crippen LogP contribution >= 0.6 is 11.3 Å². The van der Waals surface area contributed by atoms with Crippen molar-refractivity contribution in [3.8, 4) is 5.75 Å². The fourth-order valence-electron chi connectivity index (χ4n) is 1.34. The van der Waals surface area contributed by atoms with Crippen LogP contribution in [0.1, 0.15) is 11.3 Å². The van der Waals surface area contributed by atoms with Crippen molar-refractivity contribution in [3.63, 3.8) is 0 Å². The summed E-state index contributed by atoms with van der Waals surface area (Å²) in [6.45, 7) is 0. The second-order valence-electron chi connectivity index (χ2n) is 3.73. The summed E-state index contributed by atoms with van der Waals surface area (Å²) in [6.07, 6.45) is -3.01. The molecule has 5 nitrogen and oxygen atoms in total. The number of carbonyl (C=O) groups excluding carboxylic acids is 1. The summed E-state index contributed by atoms with van der Waals surface area (Å²) in [7, 11) is 0. The first-order chi connectivity index (χ1) is 9.90. The second-order valence-corrected chi connectivity index (χ2v) is 4.62. The molecule has 0 unspecified atom stereocenters. The number of benzene rings is 1. The predicted octanol–water partition coefficient (Wildman–Crippen LogP) is 2.64. The van der Waals surface area contributed by atoms with Crippen molar-refractivity contribution in [1.29, 1.82) is 0 Å². The maximum atomic E-state index is 12.5. The second kappa shape index (κ2) is 5.92. The molecule has 0 aliphatic rings. The fraction of sp³-hybridized carbons (Fsp3) is 0.0833. The van der Waals surface area contributed by atoms with Gasteiger partial charge in [0, 0.05) is 5.38 Å². The number of halogens is 3. The molecule has 2 aromatic rings. The lowest BCUT2D eigenvalue weighted by atomic mass is 10.2. The summed E-state index contributed by atoms with van der Waals surface area (Å²) in [5.74, 6) is -0.166. The van der Waals surface area contributed by atoms with Gasteiger partial charge in [-0.05, 0) is 18.2 Å². The molecule has 0 spiro atoms. The lowest BCUT2D eigenvalue weighted by Gasteiger charge is -2.07. The van der Waals surface area contributed by atoms with E-state index in [0.717, 1.165) is 23.5 Å². The molecular weight excluding hydrogens is 307 g/mol. The Morgan fingerprint density at radius 2 is 2.19 bits per heavy atom. The summed E-state index contributed by atoms with van der Waals surface area (Å²) in [4.78, 5) is 19.4. The minimum atomic E-state index is -4.49. The van der Waals surface area contributed by atoms with Crippen LogP contribution in [0.2, 0.25) is 0 Å². The maximum Gasteiger partial charge on any atom is 0.416 e. The predicted molar refractivity (Wildman–Crippen MR) is 70.8 cm³/mol. The molecular formula is C12H7F3N3O2S. The van der Waals surface area contributed by atoms with E-state index in [1.54, 1.807) is 0 Å². The van der Waals surface area contributed by atoms with Crippen LogP contribution in [-0.2, 0) is 11.0 Å². The maximum absolute atomic E-state index is 12.5. The first-order valence-electron chi connectivity index (χ1n) is 5.42. The third kappa shape index (κ3) is 3.78. The lowest BCUT2D eigenvalue weighted by Crippen LogP contribution is -2.07. The molecule has 2 N–H and O–H groups in total. The Morgan fingerprint density at radius 3 is 2.76 bits per heavy atom. The first-order valence-corrected chi connectivity index (χ1v) is 6.30. The van der Waals surface area contributed by atoms with Crippen LogP contribution in [0.3, 0.4) is 0 Å². The number of oxime groups is 1. The van der Waals surface area contributed by atoms with Crippen molar-refractivity contribution in [2.45, 2.75) is 6.18 Å². The van der Waals surface area contributed by atoms with E-state index in [4.69, 9.17) is 10.6 Å². The topological polar surface area (TPSA) is 77.6 Å². The normalized spacial score (nSPS) is 12.2. The van der Waals surface area contributed by atoms with Crippen LogP contribution in [0.5, 0.6) is 5.75 Å². The summed E-state index contributed by atoms with van der Waals surface area (Å²) >= 11 is 1.08. The number of thiazole rings is 1. The number of alkyl halides is 3. The van der Waals surface area contributed by atoms with Gasteiger partial charge in [0.15, 0.2) is 16.6 Å². The van der Waals surface area contributed by atoms with Gasteiger partial charge in [-0.2, -0.15) is 13.2 Å². The average molecular weight is 314 g/mol. The number of aromatic nitrogens is 1. The van der Waals surface area contributed by atoms with Crippen molar-refractivity contribution in [1.82, 2.24) is 4.98 Å². The molecule has 0 atom stereocenters. The third-order valence-corrected chi connectivity index (χ3v) is 2.94. The quantitative estimate of drug-likeness (QED) is 0.695. The van der Waals surface area contributed by atoms with Gasteiger partial charge in [-0.15, -0.1) is 11.3 Å². The van der Waals surface area contributed by atoms with Crippen LogP contribution in [0.4, 0.5) is 18.3 Å². The van der Waals surface area contributed by atoms with E-state index in [2.05, 4.69) is 10.1 Å². The highest BCUT2D eigenvalue weighted by Crippen LogP contribution is 2.31. The average Bonchev–Trinajstić information content (AvgIpc) is 2.85. The van der Waals surface area contributed by atoms with E-state index in [1.807, 2.05) is 0 Å². The van der Waals surface area contributed by atoms with Gasteiger partial charge < -0.3 is 10.6 Å². The smallest absolute Gasteiger partial charge is 0.375 e. The minimum absolute atomic E-state index is 0.138. The monoisotopic (exact) mass is 314 g/mol. The van der Waals surface area contributed by atoms with E-state index < -0.39 is 11.7 Å². The number of hydrogen-bond donors (Lipinski definition) is 1. The van der Waals surface area contributed by atoms with Gasteiger partial charge in [0.25, 0.3) is 6.29 Å². The highest BCUT2D eigenvalue weighted by atomic mass is 32.1. The molecule has 0 fully saturated rings. The summed E-state index contributed by atoms with van der Waals surface area (Å²) < 4.78 is 37.6. The molecule has 0 bridgehead atoms. The van der Waals surface area contributed by atoms with Crippen molar-refractivity contribution in [2.75, 3.05) is 5.73 Å². The van der Waals surface area contributed by atoms with Crippen LogP contribution < -0.4 is 10.6 Å². The third-order valence-electron chi connectivity index (χ3n) is 2.26. The summed E-state index contributed by atoms with van der Waals surface area (Å²) in [6, 6.07) is 4.10. The molecule has 0 aliphatic carbocycles. The molecule has 1 heterocycles. The Bertz CT molecular complexity index is 682. The highest BCUT2D eigenvalue weighted by Gasteiger charge is 2.30. The number of nitrogen functional groups attached to an aromatic ring is 1. The zero-order valence-electron chi connectivity index (χ0n) is 10.2. The van der Waals surface area contributed by atoms with Gasteiger partial charge in [0.2, 0.25) is 0 Å². The van der Waals surface area contributed by atoms with E-state index in [-0.39, 0.29) is 22.3 Å². The fourth-order valence-corrected chi connectivity index (χ4v) is 1.89. The molecule has 1 radical (unpaired) electrons. The molecule has 0 aliphatic heterocycles. The highest BCUT2D eigenvalue weighted by molar-refractivity contribution is 7.13. The molecule has 21 heavy (non-hydrogen) atoms. The van der Waals surface area contributed by atoms with Crippen molar-refractivity contribution in [2.24, 2.45) is 5.16 Å². The SMILES string of the molecule is Nc1nc(/C([C]=O)=N\Oc2cccc(C(F)(F)F)c2)cs1. The largest absolute Gasteiger partial charge is 0.416 e. The molecule has 9 heteroatoms. The number of nitrogens with two attached hydrogens (primary N) is 1. The van der Waals surface area contributed by atoms with E-state index in [9.17, 15) is 18.0 Å². The van der Waals surface area contributed by atoms with Gasteiger partial charge in [-0.3, -0.25) is 4.79 Å². The Kier molecular flexibility index (Phi) is 4.22. The summed E-state index contributed by atoms with van der Waals surface area (Å²) in [5, 5.41) is 5.10. The van der Waals surface area contributed by atoms with Crippen LogP contribution in [-0.4, -0.2) is 17.0 Å². The van der Waals surface area contributed by atoms with Gasteiger partial charge in [0.1, 0.15) is 5.69 Å². The van der Waals surface area contributed by atoms with Gasteiger partial charge >= 0.3 is 6.18 Å². The Labute approximate surface area is 120 Å².